The predicted octanol–water partition coefficient (Wildman–Crippen LogP) is 2.54. The third-order valence-corrected chi connectivity index (χ3v) is 3.50. The number of β-amino-alcohol motifs (C(OH)–C–C–N with tert-alkyl or cyclic N) is 1. The molecule has 0 aromatic heterocycles. The van der Waals surface area contributed by atoms with Crippen molar-refractivity contribution < 1.29 is 14.7 Å². The largest absolute Gasteiger partial charge is 0.395 e. The van der Waals surface area contributed by atoms with E-state index in [4.69, 9.17) is 5.73 Å². The highest BCUT2D eigenvalue weighted by Gasteiger charge is 2.23. The molecule has 4 nitrogen and oxygen atoms in total. The first-order valence-corrected chi connectivity index (χ1v) is 6.60. The van der Waals surface area contributed by atoms with E-state index in [1.54, 1.807) is 6.07 Å². The van der Waals surface area contributed by atoms with Gasteiger partial charge in [-0.05, 0) is 61.1 Å². The lowest BCUT2D eigenvalue weighted by atomic mass is 10.1. The smallest absolute Gasteiger partial charge is 0.147 e. The Morgan fingerprint density at radius 2 is 2.00 bits per heavy atom. The third-order valence-electron chi connectivity index (χ3n) is 2.61. The van der Waals surface area contributed by atoms with Crippen LogP contribution in [0.25, 0.3) is 0 Å². The van der Waals surface area contributed by atoms with Gasteiger partial charge in [0.15, 0.2) is 0 Å². The van der Waals surface area contributed by atoms with Crippen molar-refractivity contribution in [2.75, 3.05) is 12.3 Å². The fourth-order valence-corrected chi connectivity index (χ4v) is 1.96. The number of hydroxylamine groups is 2. The lowest BCUT2D eigenvalue weighted by Gasteiger charge is -2.31. The van der Waals surface area contributed by atoms with Gasteiger partial charge >= 0.3 is 0 Å². The predicted molar refractivity (Wildman–Crippen MR) is 76.7 cm³/mol. The Kier molecular flexibility index (Phi) is 4.93. The van der Waals surface area contributed by atoms with Gasteiger partial charge in [0.1, 0.15) is 5.82 Å². The van der Waals surface area contributed by atoms with Crippen LogP contribution in [-0.4, -0.2) is 27.5 Å². The fraction of sp³-hybridized carbons (Fsp3) is 0.500. The van der Waals surface area contributed by atoms with Gasteiger partial charge in [-0.15, -0.1) is 0 Å². The Morgan fingerprint density at radius 3 is 2.44 bits per heavy atom. The molecule has 6 heteroatoms. The zero-order valence-electron chi connectivity index (χ0n) is 10.6. The van der Waals surface area contributed by atoms with E-state index >= 15 is 0 Å². The lowest BCUT2D eigenvalue weighted by Crippen LogP contribution is -2.41. The summed E-state index contributed by atoms with van der Waals surface area (Å²) in [6.45, 7) is 5.44. The van der Waals surface area contributed by atoms with Gasteiger partial charge < -0.3 is 16.0 Å². The second-order valence-electron chi connectivity index (χ2n) is 5.17. The topological polar surface area (TPSA) is 69.7 Å². The van der Waals surface area contributed by atoms with Crippen molar-refractivity contribution in [2.24, 2.45) is 0 Å². The normalized spacial score (nSPS) is 14.0. The quantitative estimate of drug-likeness (QED) is 0.436. The van der Waals surface area contributed by atoms with E-state index in [1.165, 1.54) is 6.07 Å². The van der Waals surface area contributed by atoms with Gasteiger partial charge in [0, 0.05) is 9.11 Å². The van der Waals surface area contributed by atoms with Gasteiger partial charge in [-0.2, -0.15) is 5.06 Å². The molecule has 1 aromatic carbocycles. The van der Waals surface area contributed by atoms with E-state index in [2.05, 4.69) is 0 Å². The number of aliphatic hydroxyl groups excluding tert-OH is 1. The molecule has 18 heavy (non-hydrogen) atoms. The Balaban J connectivity index is 2.88. The van der Waals surface area contributed by atoms with Gasteiger partial charge in [-0.1, -0.05) is 0 Å². The molecule has 0 fully saturated rings. The molecule has 0 aliphatic heterocycles. The average Bonchev–Trinajstić information content (AvgIpc) is 2.23. The van der Waals surface area contributed by atoms with E-state index in [0.29, 0.717) is 9.13 Å². The van der Waals surface area contributed by atoms with Crippen LogP contribution in [0.4, 0.5) is 10.1 Å². The van der Waals surface area contributed by atoms with E-state index in [1.807, 2.05) is 43.4 Å². The Hall–Kier alpha value is -0.440. The van der Waals surface area contributed by atoms with Gasteiger partial charge in [-0.25, -0.2) is 4.39 Å². The van der Waals surface area contributed by atoms with E-state index in [0.717, 1.165) is 5.06 Å². The maximum absolute atomic E-state index is 13.5. The molecular formula is C12H18FIN2O2. The molecule has 1 atom stereocenters. The monoisotopic (exact) mass is 368 g/mol. The second-order valence-corrected chi connectivity index (χ2v) is 6.33. The number of rotatable bonds is 3. The molecule has 4 N–H and O–H groups in total. The molecule has 0 aliphatic carbocycles. The van der Waals surface area contributed by atoms with Crippen molar-refractivity contribution in [1.82, 2.24) is 5.06 Å². The van der Waals surface area contributed by atoms with Crippen molar-refractivity contribution in [3.05, 3.63) is 27.1 Å². The molecule has 0 radical (unpaired) electrons. The summed E-state index contributed by atoms with van der Waals surface area (Å²) in [6, 6.07) is 2.80. The molecule has 0 aliphatic rings. The minimum Gasteiger partial charge on any atom is -0.395 e. The molecular weight excluding hydrogens is 350 g/mol. The number of hydrogen-bond acceptors (Lipinski definition) is 4. The highest BCUT2D eigenvalue weighted by Crippen LogP contribution is 2.25. The van der Waals surface area contributed by atoms with E-state index in [-0.39, 0.29) is 12.2 Å². The van der Waals surface area contributed by atoms with Crippen LogP contribution in [0, 0.1) is 9.39 Å². The third kappa shape index (κ3) is 3.78. The van der Waals surface area contributed by atoms with Crippen LogP contribution in [0.2, 0.25) is 0 Å². The highest BCUT2D eigenvalue weighted by atomic mass is 127. The number of halogens is 2. The van der Waals surface area contributed by atoms with Crippen LogP contribution < -0.4 is 5.73 Å². The first kappa shape index (κ1) is 15.6. The van der Waals surface area contributed by atoms with Crippen LogP contribution in [0.5, 0.6) is 0 Å². The fourth-order valence-electron chi connectivity index (χ4n) is 1.34. The van der Waals surface area contributed by atoms with Crippen molar-refractivity contribution in [1.29, 1.82) is 0 Å². The van der Waals surface area contributed by atoms with Crippen molar-refractivity contribution in [3.63, 3.8) is 0 Å². The first-order valence-electron chi connectivity index (χ1n) is 5.52. The summed E-state index contributed by atoms with van der Waals surface area (Å²) in [7, 11) is 0. The Morgan fingerprint density at radius 1 is 1.44 bits per heavy atom. The molecule has 0 spiro atoms. The minimum atomic E-state index is -0.974. The summed E-state index contributed by atoms with van der Waals surface area (Å²) >= 11 is 1.91. The standard InChI is InChI=1S/C12H18FIN2O2/c1-12(2,3)16(18)6-10(17)7-4-8(13)11(15)9(14)5-7/h4-5,10,17-18H,6,15H2,1-3H3. The number of nitrogens with zero attached hydrogens (tertiary/aromatic N) is 1. The van der Waals surface area contributed by atoms with Crippen LogP contribution >= 0.6 is 22.6 Å². The summed E-state index contributed by atoms with van der Waals surface area (Å²) in [6.07, 6.45) is -0.974. The highest BCUT2D eigenvalue weighted by molar-refractivity contribution is 14.1. The number of anilines is 1. The Labute approximate surface area is 120 Å². The molecule has 0 amide bonds. The summed E-state index contributed by atoms with van der Waals surface area (Å²) in [5, 5.41) is 20.8. The van der Waals surface area contributed by atoms with Gasteiger partial charge in [0.2, 0.25) is 0 Å². The number of benzene rings is 1. The van der Waals surface area contributed by atoms with Crippen LogP contribution in [0.15, 0.2) is 12.1 Å². The molecule has 1 aromatic rings. The molecule has 1 rings (SSSR count). The molecule has 0 heterocycles. The summed E-state index contributed by atoms with van der Waals surface area (Å²) in [5.74, 6) is -0.559. The number of hydrogen-bond donors (Lipinski definition) is 3. The van der Waals surface area contributed by atoms with Crippen molar-refractivity contribution in [2.45, 2.75) is 32.4 Å². The molecule has 102 valence electrons. The van der Waals surface area contributed by atoms with Gasteiger partial charge in [0.05, 0.1) is 18.3 Å². The minimum absolute atomic E-state index is 0.00291. The van der Waals surface area contributed by atoms with Gasteiger partial charge in [-0.3, -0.25) is 0 Å². The zero-order valence-corrected chi connectivity index (χ0v) is 12.8. The van der Waals surface area contributed by atoms with E-state index < -0.39 is 17.5 Å². The summed E-state index contributed by atoms with van der Waals surface area (Å²) in [4.78, 5) is 0. The molecule has 0 saturated heterocycles. The average molecular weight is 368 g/mol. The number of nitrogen functional groups attached to an aromatic ring is 1. The summed E-state index contributed by atoms with van der Waals surface area (Å²) < 4.78 is 14.0. The maximum Gasteiger partial charge on any atom is 0.147 e. The molecule has 0 bridgehead atoms. The van der Waals surface area contributed by atoms with Crippen molar-refractivity contribution >= 4 is 28.3 Å². The van der Waals surface area contributed by atoms with Crippen LogP contribution in [0.1, 0.15) is 32.4 Å². The number of nitrogens with two attached hydrogens (primary N) is 1. The first-order chi connectivity index (χ1) is 8.12. The number of aliphatic hydroxyl groups is 1. The zero-order chi connectivity index (χ0) is 14.1. The van der Waals surface area contributed by atoms with Crippen LogP contribution in [0.3, 0.4) is 0 Å². The molecule has 1 unspecified atom stereocenters. The SMILES string of the molecule is CC(C)(C)N(O)CC(O)c1cc(F)c(N)c(I)c1. The molecule has 0 saturated carbocycles. The van der Waals surface area contributed by atoms with Crippen LogP contribution in [-0.2, 0) is 0 Å². The van der Waals surface area contributed by atoms with E-state index in [9.17, 15) is 14.7 Å². The van der Waals surface area contributed by atoms with Gasteiger partial charge in [0.25, 0.3) is 0 Å². The summed E-state index contributed by atoms with van der Waals surface area (Å²) in [5.41, 5.74) is 5.48. The second kappa shape index (κ2) is 5.68. The van der Waals surface area contributed by atoms with Crippen molar-refractivity contribution in [3.8, 4) is 0 Å². The lowest BCUT2D eigenvalue weighted by molar-refractivity contribution is -0.172. The Bertz CT molecular complexity index is 412. The maximum atomic E-state index is 13.5.